The van der Waals surface area contributed by atoms with Gasteiger partial charge in [-0.3, -0.25) is 0 Å². The minimum Gasteiger partial charge on any atom is -0.0917 e. The van der Waals surface area contributed by atoms with Crippen molar-refractivity contribution in [3.8, 4) is 0 Å². The van der Waals surface area contributed by atoms with E-state index in [0.717, 1.165) is 12.8 Å². The highest BCUT2D eigenvalue weighted by molar-refractivity contribution is 5.83. The molecule has 0 nitrogen and oxygen atoms in total. The molecule has 2 aromatic rings. The Morgan fingerprint density at radius 3 is 2.56 bits per heavy atom. The summed E-state index contributed by atoms with van der Waals surface area (Å²) in [4.78, 5) is 0. The molecule has 0 aromatic heterocycles. The van der Waals surface area contributed by atoms with Crippen molar-refractivity contribution in [2.45, 2.75) is 26.7 Å². The van der Waals surface area contributed by atoms with Crippen molar-refractivity contribution in [3.63, 3.8) is 0 Å². The molecule has 0 N–H and O–H groups in total. The molecule has 0 aliphatic carbocycles. The van der Waals surface area contributed by atoms with Gasteiger partial charge in [0, 0.05) is 0 Å². The fraction of sp³-hybridized carbons (Fsp3) is 0.250. The number of hydrogen-bond acceptors (Lipinski definition) is 0. The Morgan fingerprint density at radius 2 is 1.75 bits per heavy atom. The van der Waals surface area contributed by atoms with E-state index in [0.29, 0.717) is 0 Å². The lowest BCUT2D eigenvalue weighted by Crippen LogP contribution is -1.84. The molecule has 0 saturated heterocycles. The lowest BCUT2D eigenvalue weighted by molar-refractivity contribution is 1.00. The highest BCUT2D eigenvalue weighted by Gasteiger charge is 1.96. The van der Waals surface area contributed by atoms with E-state index in [-0.39, 0.29) is 0 Å². The monoisotopic (exact) mass is 210 g/mol. The van der Waals surface area contributed by atoms with E-state index >= 15 is 0 Å². The Morgan fingerprint density at radius 1 is 1.00 bits per heavy atom. The van der Waals surface area contributed by atoms with Crippen LogP contribution in [0.2, 0.25) is 0 Å². The number of allylic oxidation sites excluding steroid dienone is 2. The predicted octanol–water partition coefficient (Wildman–Crippen LogP) is 4.66. The standard InChI is InChI=1S/C16H18/c1-3-4-5-6-14-8-10-15-11-13(2)7-9-16(15)12-14/h3-4,7-12H,5-6H2,1-2H3/b4-3+. The van der Waals surface area contributed by atoms with Gasteiger partial charge in [-0.2, -0.15) is 0 Å². The second-order valence-electron chi connectivity index (χ2n) is 4.29. The van der Waals surface area contributed by atoms with Crippen LogP contribution >= 0.6 is 0 Å². The summed E-state index contributed by atoms with van der Waals surface area (Å²) in [6, 6.07) is 13.4. The summed E-state index contributed by atoms with van der Waals surface area (Å²) in [7, 11) is 0. The summed E-state index contributed by atoms with van der Waals surface area (Å²) in [6.45, 7) is 4.21. The maximum Gasteiger partial charge on any atom is -0.0181 e. The molecule has 0 spiro atoms. The zero-order chi connectivity index (χ0) is 11.4. The van der Waals surface area contributed by atoms with Gasteiger partial charge in [-0.05, 0) is 43.0 Å². The van der Waals surface area contributed by atoms with Gasteiger partial charge in [-0.1, -0.05) is 54.1 Å². The molecule has 0 aliphatic rings. The average molecular weight is 210 g/mol. The Labute approximate surface area is 97.6 Å². The van der Waals surface area contributed by atoms with Crippen LogP contribution in [0.5, 0.6) is 0 Å². The molecular weight excluding hydrogens is 192 g/mol. The summed E-state index contributed by atoms with van der Waals surface area (Å²) in [5, 5.41) is 2.69. The van der Waals surface area contributed by atoms with Gasteiger partial charge in [0.05, 0.1) is 0 Å². The number of rotatable bonds is 3. The third-order valence-corrected chi connectivity index (χ3v) is 2.90. The van der Waals surface area contributed by atoms with Gasteiger partial charge in [-0.15, -0.1) is 0 Å². The molecule has 0 saturated carbocycles. The zero-order valence-electron chi connectivity index (χ0n) is 10.0. The second-order valence-corrected chi connectivity index (χ2v) is 4.29. The first-order valence-electron chi connectivity index (χ1n) is 5.90. The van der Waals surface area contributed by atoms with E-state index in [2.05, 4.69) is 62.4 Å². The van der Waals surface area contributed by atoms with E-state index in [9.17, 15) is 0 Å². The molecule has 0 heteroatoms. The van der Waals surface area contributed by atoms with Gasteiger partial charge in [-0.25, -0.2) is 0 Å². The SMILES string of the molecule is C/C=C/CCc1ccc2cc(C)ccc2c1. The molecule has 2 rings (SSSR count). The first-order valence-corrected chi connectivity index (χ1v) is 5.90. The van der Waals surface area contributed by atoms with Crippen molar-refractivity contribution < 1.29 is 0 Å². The van der Waals surface area contributed by atoms with Crippen LogP contribution in [0.3, 0.4) is 0 Å². The van der Waals surface area contributed by atoms with Gasteiger partial charge in [0.2, 0.25) is 0 Å². The highest BCUT2D eigenvalue weighted by Crippen LogP contribution is 2.18. The predicted molar refractivity (Wildman–Crippen MR) is 71.8 cm³/mol. The molecule has 82 valence electrons. The third kappa shape index (κ3) is 2.52. The van der Waals surface area contributed by atoms with Gasteiger partial charge in [0.1, 0.15) is 0 Å². The third-order valence-electron chi connectivity index (χ3n) is 2.90. The van der Waals surface area contributed by atoms with Crippen LogP contribution in [-0.2, 0) is 6.42 Å². The van der Waals surface area contributed by atoms with Crippen LogP contribution in [0.25, 0.3) is 10.8 Å². The minimum atomic E-state index is 1.13. The van der Waals surface area contributed by atoms with Crippen LogP contribution in [0.4, 0.5) is 0 Å². The van der Waals surface area contributed by atoms with Crippen LogP contribution in [0, 0.1) is 6.92 Å². The molecule has 0 unspecified atom stereocenters. The topological polar surface area (TPSA) is 0 Å². The molecular formula is C16H18. The smallest absolute Gasteiger partial charge is 0.0181 e. The number of fused-ring (bicyclic) bond motifs is 1. The lowest BCUT2D eigenvalue weighted by atomic mass is 10.0. The second kappa shape index (κ2) is 4.98. The van der Waals surface area contributed by atoms with Crippen molar-refractivity contribution in [3.05, 3.63) is 59.7 Å². The van der Waals surface area contributed by atoms with E-state index in [1.807, 2.05) is 0 Å². The Kier molecular flexibility index (Phi) is 3.40. The van der Waals surface area contributed by atoms with E-state index < -0.39 is 0 Å². The highest BCUT2D eigenvalue weighted by atomic mass is 14.0. The van der Waals surface area contributed by atoms with E-state index in [1.165, 1.54) is 21.9 Å². The fourth-order valence-corrected chi connectivity index (χ4v) is 1.99. The summed E-state index contributed by atoms with van der Waals surface area (Å²) in [5.41, 5.74) is 2.75. The molecule has 0 bridgehead atoms. The zero-order valence-corrected chi connectivity index (χ0v) is 10.0. The normalized spacial score (nSPS) is 11.4. The van der Waals surface area contributed by atoms with Crippen molar-refractivity contribution in [2.75, 3.05) is 0 Å². The maximum atomic E-state index is 2.30. The summed E-state index contributed by atoms with van der Waals surface area (Å²) in [5.74, 6) is 0. The first-order chi connectivity index (χ1) is 7.79. The van der Waals surface area contributed by atoms with Crippen LogP contribution < -0.4 is 0 Å². The molecule has 0 radical (unpaired) electrons. The van der Waals surface area contributed by atoms with Crippen molar-refractivity contribution >= 4 is 10.8 Å². The first kappa shape index (κ1) is 10.9. The van der Waals surface area contributed by atoms with Gasteiger partial charge < -0.3 is 0 Å². The van der Waals surface area contributed by atoms with Crippen molar-refractivity contribution in [1.82, 2.24) is 0 Å². The Hall–Kier alpha value is -1.56. The van der Waals surface area contributed by atoms with E-state index in [1.54, 1.807) is 0 Å². The Bertz CT molecular complexity index is 506. The number of benzene rings is 2. The largest absolute Gasteiger partial charge is 0.0917 e. The van der Waals surface area contributed by atoms with Crippen molar-refractivity contribution in [2.24, 2.45) is 0 Å². The van der Waals surface area contributed by atoms with Crippen LogP contribution in [-0.4, -0.2) is 0 Å². The van der Waals surface area contributed by atoms with Crippen LogP contribution in [0.15, 0.2) is 48.6 Å². The summed E-state index contributed by atoms with van der Waals surface area (Å²) >= 11 is 0. The van der Waals surface area contributed by atoms with Gasteiger partial charge in [0.25, 0.3) is 0 Å². The number of aryl methyl sites for hydroxylation is 2. The summed E-state index contributed by atoms with van der Waals surface area (Å²) in [6.07, 6.45) is 6.60. The average Bonchev–Trinajstić information content (AvgIpc) is 2.29. The minimum absolute atomic E-state index is 1.13. The molecule has 2 aromatic carbocycles. The van der Waals surface area contributed by atoms with Crippen molar-refractivity contribution in [1.29, 1.82) is 0 Å². The van der Waals surface area contributed by atoms with Gasteiger partial charge in [0.15, 0.2) is 0 Å². The van der Waals surface area contributed by atoms with Gasteiger partial charge >= 0.3 is 0 Å². The maximum absolute atomic E-state index is 2.30. The molecule has 0 aliphatic heterocycles. The summed E-state index contributed by atoms with van der Waals surface area (Å²) < 4.78 is 0. The molecule has 16 heavy (non-hydrogen) atoms. The molecule has 0 fully saturated rings. The molecule has 0 amide bonds. The molecule has 0 heterocycles. The fourth-order valence-electron chi connectivity index (χ4n) is 1.99. The Balaban J connectivity index is 2.26. The number of hydrogen-bond donors (Lipinski definition) is 0. The lowest BCUT2D eigenvalue weighted by Gasteiger charge is -2.03. The van der Waals surface area contributed by atoms with E-state index in [4.69, 9.17) is 0 Å². The van der Waals surface area contributed by atoms with Crippen LogP contribution in [0.1, 0.15) is 24.5 Å². The quantitative estimate of drug-likeness (QED) is 0.646. The molecule has 0 atom stereocenters.